The predicted octanol–water partition coefficient (Wildman–Crippen LogP) is 3.78. The first-order chi connectivity index (χ1) is 9.22. The molecule has 0 aliphatic rings. The fourth-order valence-corrected chi connectivity index (χ4v) is 1.67. The van der Waals surface area contributed by atoms with E-state index in [9.17, 15) is 0 Å². The Balaban J connectivity index is 2.00. The Morgan fingerprint density at radius 2 is 1.74 bits per heavy atom. The molecule has 0 aliphatic carbocycles. The Morgan fingerprint density at radius 3 is 2.37 bits per heavy atom. The number of nitriles is 1. The summed E-state index contributed by atoms with van der Waals surface area (Å²) in [7, 11) is 0. The van der Waals surface area contributed by atoms with Gasteiger partial charge in [-0.05, 0) is 43.0 Å². The van der Waals surface area contributed by atoms with E-state index < -0.39 is 0 Å². The van der Waals surface area contributed by atoms with E-state index in [1.165, 1.54) is 6.42 Å². The maximum atomic E-state index is 8.67. The molecular weight excluding hydrogens is 238 g/mol. The van der Waals surface area contributed by atoms with Gasteiger partial charge in [-0.3, -0.25) is 0 Å². The van der Waals surface area contributed by atoms with Gasteiger partial charge in [-0.25, -0.2) is 0 Å². The van der Waals surface area contributed by atoms with Crippen LogP contribution in [-0.4, -0.2) is 19.8 Å². The lowest BCUT2D eigenvalue weighted by atomic mass is 10.1. The second kappa shape index (κ2) is 9.41. The first-order valence-electron chi connectivity index (χ1n) is 6.93. The maximum absolute atomic E-state index is 8.67. The van der Waals surface area contributed by atoms with Crippen LogP contribution in [0.4, 0.5) is 0 Å². The molecule has 0 radical (unpaired) electrons. The van der Waals surface area contributed by atoms with E-state index in [1.54, 1.807) is 12.1 Å². The third-order valence-corrected chi connectivity index (χ3v) is 2.76. The van der Waals surface area contributed by atoms with Crippen LogP contribution in [0.2, 0.25) is 0 Å². The van der Waals surface area contributed by atoms with E-state index in [2.05, 4.69) is 19.9 Å². The molecule has 0 aliphatic heterocycles. The molecule has 0 heterocycles. The van der Waals surface area contributed by atoms with Crippen LogP contribution >= 0.6 is 0 Å². The second-order valence-electron chi connectivity index (χ2n) is 4.99. The Bertz CT molecular complexity index is 379. The highest BCUT2D eigenvalue weighted by Crippen LogP contribution is 2.11. The minimum atomic E-state index is 0.649. The van der Waals surface area contributed by atoms with Crippen LogP contribution in [0.15, 0.2) is 24.3 Å². The van der Waals surface area contributed by atoms with Crippen molar-refractivity contribution in [1.29, 1.82) is 5.26 Å². The largest absolute Gasteiger partial charge is 0.494 e. The molecule has 0 saturated carbocycles. The van der Waals surface area contributed by atoms with Gasteiger partial charge in [0.1, 0.15) is 5.75 Å². The Hall–Kier alpha value is -1.53. The Labute approximate surface area is 116 Å². The Kier molecular flexibility index (Phi) is 7.69. The van der Waals surface area contributed by atoms with Crippen molar-refractivity contribution < 1.29 is 9.47 Å². The van der Waals surface area contributed by atoms with Crippen molar-refractivity contribution in [3.05, 3.63) is 29.8 Å². The van der Waals surface area contributed by atoms with Crippen molar-refractivity contribution in [2.24, 2.45) is 5.92 Å². The van der Waals surface area contributed by atoms with Gasteiger partial charge in [-0.15, -0.1) is 0 Å². The van der Waals surface area contributed by atoms with E-state index in [-0.39, 0.29) is 0 Å². The van der Waals surface area contributed by atoms with Gasteiger partial charge in [-0.1, -0.05) is 13.8 Å². The van der Waals surface area contributed by atoms with Crippen molar-refractivity contribution in [3.63, 3.8) is 0 Å². The van der Waals surface area contributed by atoms with Crippen molar-refractivity contribution >= 4 is 0 Å². The summed E-state index contributed by atoms with van der Waals surface area (Å²) in [6.07, 6.45) is 3.25. The quantitative estimate of drug-likeness (QED) is 0.635. The van der Waals surface area contributed by atoms with Crippen LogP contribution in [0, 0.1) is 17.2 Å². The molecule has 3 nitrogen and oxygen atoms in total. The zero-order chi connectivity index (χ0) is 13.9. The van der Waals surface area contributed by atoms with Gasteiger partial charge in [0.2, 0.25) is 0 Å². The highest BCUT2D eigenvalue weighted by atomic mass is 16.5. The molecule has 1 aromatic carbocycles. The van der Waals surface area contributed by atoms with Gasteiger partial charge in [0.15, 0.2) is 0 Å². The molecule has 104 valence electrons. The first kappa shape index (κ1) is 15.5. The van der Waals surface area contributed by atoms with Gasteiger partial charge in [0, 0.05) is 19.6 Å². The van der Waals surface area contributed by atoms with Crippen molar-refractivity contribution in [1.82, 2.24) is 0 Å². The Morgan fingerprint density at radius 1 is 1.05 bits per heavy atom. The fourth-order valence-electron chi connectivity index (χ4n) is 1.67. The molecule has 0 unspecified atom stereocenters. The maximum Gasteiger partial charge on any atom is 0.119 e. The predicted molar refractivity (Wildman–Crippen MR) is 76.2 cm³/mol. The number of ether oxygens (including phenoxy) is 2. The summed E-state index contributed by atoms with van der Waals surface area (Å²) in [5.74, 6) is 1.56. The van der Waals surface area contributed by atoms with Crippen molar-refractivity contribution in [2.75, 3.05) is 19.8 Å². The summed E-state index contributed by atoms with van der Waals surface area (Å²) < 4.78 is 11.1. The molecule has 0 spiro atoms. The van der Waals surface area contributed by atoms with Crippen LogP contribution in [0.3, 0.4) is 0 Å². The highest BCUT2D eigenvalue weighted by Gasteiger charge is 1.96. The topological polar surface area (TPSA) is 42.2 Å². The van der Waals surface area contributed by atoms with Crippen LogP contribution in [0.1, 0.15) is 38.7 Å². The lowest BCUT2D eigenvalue weighted by Gasteiger charge is -2.07. The third-order valence-electron chi connectivity index (χ3n) is 2.76. The van der Waals surface area contributed by atoms with Gasteiger partial charge in [-0.2, -0.15) is 5.26 Å². The number of benzene rings is 1. The van der Waals surface area contributed by atoms with E-state index in [0.29, 0.717) is 12.2 Å². The first-order valence-corrected chi connectivity index (χ1v) is 6.93. The molecule has 0 bridgehead atoms. The molecule has 0 fully saturated rings. The number of hydrogen-bond donors (Lipinski definition) is 0. The van der Waals surface area contributed by atoms with E-state index in [0.717, 1.165) is 37.7 Å². The molecule has 0 atom stereocenters. The lowest BCUT2D eigenvalue weighted by molar-refractivity contribution is 0.114. The minimum absolute atomic E-state index is 0.649. The zero-order valence-electron chi connectivity index (χ0n) is 11.9. The molecule has 3 heteroatoms. The van der Waals surface area contributed by atoms with Gasteiger partial charge in [0.25, 0.3) is 0 Å². The smallest absolute Gasteiger partial charge is 0.119 e. The van der Waals surface area contributed by atoms with E-state index in [4.69, 9.17) is 14.7 Å². The average molecular weight is 261 g/mol. The number of rotatable bonds is 9. The summed E-state index contributed by atoms with van der Waals surface area (Å²) in [5.41, 5.74) is 0.654. The van der Waals surface area contributed by atoms with Crippen LogP contribution < -0.4 is 4.74 Å². The minimum Gasteiger partial charge on any atom is -0.494 e. The van der Waals surface area contributed by atoms with E-state index >= 15 is 0 Å². The molecule has 0 amide bonds. The van der Waals surface area contributed by atoms with Crippen molar-refractivity contribution in [3.8, 4) is 11.8 Å². The summed E-state index contributed by atoms with van der Waals surface area (Å²) in [6.45, 7) is 6.69. The van der Waals surface area contributed by atoms with Crippen LogP contribution in [0.5, 0.6) is 5.75 Å². The molecule has 0 saturated heterocycles. The summed E-state index contributed by atoms with van der Waals surface area (Å²) in [4.78, 5) is 0. The highest BCUT2D eigenvalue weighted by molar-refractivity contribution is 5.34. The molecular formula is C16H23NO2. The van der Waals surface area contributed by atoms with Gasteiger partial charge >= 0.3 is 0 Å². The molecule has 0 aromatic heterocycles. The summed E-state index contributed by atoms with van der Waals surface area (Å²) >= 11 is 0. The number of nitrogens with zero attached hydrogens (tertiary/aromatic N) is 1. The third kappa shape index (κ3) is 7.48. The van der Waals surface area contributed by atoms with Gasteiger partial charge in [0.05, 0.1) is 18.2 Å². The average Bonchev–Trinajstić information content (AvgIpc) is 2.42. The molecule has 1 aromatic rings. The SMILES string of the molecule is CC(C)CCCOCCCOc1ccc(C#N)cc1. The molecule has 19 heavy (non-hydrogen) atoms. The monoisotopic (exact) mass is 261 g/mol. The van der Waals surface area contributed by atoms with Gasteiger partial charge < -0.3 is 9.47 Å². The fraction of sp³-hybridized carbons (Fsp3) is 0.562. The summed E-state index contributed by atoms with van der Waals surface area (Å²) in [5, 5.41) is 8.67. The van der Waals surface area contributed by atoms with E-state index in [1.807, 2.05) is 12.1 Å². The normalized spacial score (nSPS) is 10.4. The van der Waals surface area contributed by atoms with Crippen molar-refractivity contribution in [2.45, 2.75) is 33.1 Å². The number of hydrogen-bond acceptors (Lipinski definition) is 3. The second-order valence-corrected chi connectivity index (χ2v) is 4.99. The molecule has 1 rings (SSSR count). The standard InChI is InChI=1S/C16H23NO2/c1-14(2)5-3-10-18-11-4-12-19-16-8-6-15(13-17)7-9-16/h6-9,14H,3-5,10-12H2,1-2H3. The zero-order valence-corrected chi connectivity index (χ0v) is 11.9. The van der Waals surface area contributed by atoms with Crippen LogP contribution in [-0.2, 0) is 4.74 Å². The lowest BCUT2D eigenvalue weighted by Crippen LogP contribution is -2.04. The van der Waals surface area contributed by atoms with Crippen LogP contribution in [0.25, 0.3) is 0 Å². The summed E-state index contributed by atoms with van der Waals surface area (Å²) in [6, 6.07) is 9.25. The molecule has 0 N–H and O–H groups in total.